The van der Waals surface area contributed by atoms with Gasteiger partial charge < -0.3 is 9.84 Å². The molecule has 1 saturated heterocycles. The Kier molecular flexibility index (Phi) is 2.87. The zero-order valence-corrected chi connectivity index (χ0v) is 8.65. The molecule has 2 rings (SSSR count). The summed E-state index contributed by atoms with van der Waals surface area (Å²) in [5.41, 5.74) is -0.816. The van der Waals surface area contributed by atoms with Gasteiger partial charge in [-0.05, 0) is 25.0 Å². The number of hydrogen-bond acceptors (Lipinski definition) is 3. The highest BCUT2D eigenvalue weighted by Gasteiger charge is 2.43. The first-order valence-electron chi connectivity index (χ1n) is 5.08. The zero-order chi connectivity index (χ0) is 11.6. The van der Waals surface area contributed by atoms with Gasteiger partial charge in [-0.1, -0.05) is 0 Å². The lowest BCUT2D eigenvalue weighted by Gasteiger charge is -2.32. The third-order valence-corrected chi connectivity index (χ3v) is 2.97. The molecule has 16 heavy (non-hydrogen) atoms. The van der Waals surface area contributed by atoms with Gasteiger partial charge in [-0.3, -0.25) is 9.78 Å². The largest absolute Gasteiger partial charge is 0.481 e. The molecule has 1 aliphatic rings. The highest BCUT2D eigenvalue weighted by molar-refractivity contribution is 5.80. The van der Waals surface area contributed by atoms with E-state index in [1.807, 2.05) is 0 Å². The molecule has 1 fully saturated rings. The smallest absolute Gasteiger partial charge is 0.315 e. The van der Waals surface area contributed by atoms with Crippen molar-refractivity contribution in [2.24, 2.45) is 0 Å². The van der Waals surface area contributed by atoms with Crippen LogP contribution in [0.4, 0.5) is 4.39 Å². The van der Waals surface area contributed by atoms with E-state index in [9.17, 15) is 14.3 Å². The van der Waals surface area contributed by atoms with E-state index in [1.165, 1.54) is 18.3 Å². The second-order valence-electron chi connectivity index (χ2n) is 3.86. The van der Waals surface area contributed by atoms with Gasteiger partial charge in [-0.25, -0.2) is 4.39 Å². The SMILES string of the molecule is O=C(O)C1(c2cc(F)ccn2)CCOCC1. The molecule has 0 radical (unpaired) electrons. The summed E-state index contributed by atoms with van der Waals surface area (Å²) in [6.45, 7) is 0.731. The maximum absolute atomic E-state index is 13.1. The van der Waals surface area contributed by atoms with Gasteiger partial charge in [-0.2, -0.15) is 0 Å². The average molecular weight is 225 g/mol. The van der Waals surface area contributed by atoms with Gasteiger partial charge in [0.15, 0.2) is 0 Å². The van der Waals surface area contributed by atoms with Crippen molar-refractivity contribution in [1.82, 2.24) is 4.98 Å². The van der Waals surface area contributed by atoms with E-state index in [0.29, 0.717) is 26.1 Å². The Morgan fingerprint density at radius 2 is 2.19 bits per heavy atom. The Bertz CT molecular complexity index is 402. The number of carboxylic acid groups (broad SMARTS) is 1. The van der Waals surface area contributed by atoms with Crippen LogP contribution in [0.3, 0.4) is 0 Å². The Labute approximate surface area is 92.1 Å². The number of nitrogens with zero attached hydrogens (tertiary/aromatic N) is 1. The number of carboxylic acids is 1. The zero-order valence-electron chi connectivity index (χ0n) is 8.65. The lowest BCUT2D eigenvalue weighted by Crippen LogP contribution is -2.42. The van der Waals surface area contributed by atoms with Gasteiger partial charge in [-0.15, -0.1) is 0 Å². The van der Waals surface area contributed by atoms with Gasteiger partial charge >= 0.3 is 5.97 Å². The molecule has 1 aromatic heterocycles. The number of hydrogen-bond donors (Lipinski definition) is 1. The van der Waals surface area contributed by atoms with Crippen LogP contribution < -0.4 is 0 Å². The number of rotatable bonds is 2. The summed E-state index contributed by atoms with van der Waals surface area (Å²) in [6, 6.07) is 2.40. The second kappa shape index (κ2) is 4.17. The van der Waals surface area contributed by atoms with Crippen LogP contribution in [0.15, 0.2) is 18.3 Å². The fourth-order valence-corrected chi connectivity index (χ4v) is 1.97. The molecule has 0 aromatic carbocycles. The molecule has 0 unspecified atom stereocenters. The van der Waals surface area contributed by atoms with Crippen LogP contribution in [0.1, 0.15) is 18.5 Å². The van der Waals surface area contributed by atoms with Crippen LogP contribution in [0.2, 0.25) is 0 Å². The van der Waals surface area contributed by atoms with Crippen LogP contribution in [0.25, 0.3) is 0 Å². The minimum Gasteiger partial charge on any atom is -0.481 e. The van der Waals surface area contributed by atoms with E-state index in [1.54, 1.807) is 0 Å². The summed E-state index contributed by atoms with van der Waals surface area (Å²) in [4.78, 5) is 15.4. The van der Waals surface area contributed by atoms with Gasteiger partial charge in [0.25, 0.3) is 0 Å². The van der Waals surface area contributed by atoms with Crippen molar-refractivity contribution in [1.29, 1.82) is 0 Å². The van der Waals surface area contributed by atoms with E-state index >= 15 is 0 Å². The Balaban J connectivity index is 2.42. The van der Waals surface area contributed by atoms with E-state index in [4.69, 9.17) is 4.74 Å². The molecule has 0 saturated carbocycles. The van der Waals surface area contributed by atoms with E-state index < -0.39 is 17.2 Å². The standard InChI is InChI=1S/C11H12FNO3/c12-8-1-4-13-9(7-8)11(10(14)15)2-5-16-6-3-11/h1,4,7H,2-3,5-6H2,(H,14,15). The summed E-state index contributed by atoms with van der Waals surface area (Å²) >= 11 is 0. The third-order valence-electron chi connectivity index (χ3n) is 2.97. The van der Waals surface area contributed by atoms with Crippen LogP contribution in [-0.2, 0) is 14.9 Å². The number of carbonyl (C=O) groups is 1. The first-order chi connectivity index (χ1) is 7.65. The van der Waals surface area contributed by atoms with Gasteiger partial charge in [0.2, 0.25) is 0 Å². The molecule has 2 heterocycles. The molecule has 0 bridgehead atoms. The van der Waals surface area contributed by atoms with E-state index in [0.717, 1.165) is 0 Å². The number of aliphatic carboxylic acids is 1. The van der Waals surface area contributed by atoms with Crippen molar-refractivity contribution in [3.8, 4) is 0 Å². The predicted molar refractivity (Wildman–Crippen MR) is 53.6 cm³/mol. The quantitative estimate of drug-likeness (QED) is 0.825. The summed E-state index contributed by atoms with van der Waals surface area (Å²) in [5.74, 6) is -1.42. The highest BCUT2D eigenvalue weighted by Crippen LogP contribution is 2.34. The summed E-state index contributed by atoms with van der Waals surface area (Å²) in [5, 5.41) is 9.32. The maximum atomic E-state index is 13.1. The molecule has 4 nitrogen and oxygen atoms in total. The van der Waals surface area contributed by atoms with Gasteiger partial charge in [0.05, 0.1) is 5.69 Å². The third kappa shape index (κ3) is 1.78. The molecule has 0 amide bonds. The molecule has 1 N–H and O–H groups in total. The van der Waals surface area contributed by atoms with E-state index in [-0.39, 0.29) is 5.69 Å². The fourth-order valence-electron chi connectivity index (χ4n) is 1.97. The molecule has 0 spiro atoms. The first kappa shape index (κ1) is 11.0. The lowest BCUT2D eigenvalue weighted by atomic mass is 9.77. The van der Waals surface area contributed by atoms with Crippen molar-refractivity contribution in [2.75, 3.05) is 13.2 Å². The number of pyridine rings is 1. The van der Waals surface area contributed by atoms with E-state index in [2.05, 4.69) is 4.98 Å². The maximum Gasteiger partial charge on any atom is 0.315 e. The Hall–Kier alpha value is -1.49. The molecular weight excluding hydrogens is 213 g/mol. The topological polar surface area (TPSA) is 59.4 Å². The Morgan fingerprint density at radius 3 is 2.75 bits per heavy atom. The molecule has 86 valence electrons. The van der Waals surface area contributed by atoms with Crippen molar-refractivity contribution in [3.63, 3.8) is 0 Å². The predicted octanol–water partition coefficient (Wildman–Crippen LogP) is 1.35. The van der Waals surface area contributed by atoms with Crippen molar-refractivity contribution in [2.45, 2.75) is 18.3 Å². The van der Waals surface area contributed by atoms with Crippen LogP contribution in [0, 0.1) is 5.82 Å². The Morgan fingerprint density at radius 1 is 1.50 bits per heavy atom. The molecule has 0 atom stereocenters. The lowest BCUT2D eigenvalue weighted by molar-refractivity contribution is -0.148. The number of halogens is 1. The minimum absolute atomic E-state index is 0.281. The van der Waals surface area contributed by atoms with Crippen LogP contribution >= 0.6 is 0 Å². The van der Waals surface area contributed by atoms with Crippen molar-refractivity contribution in [3.05, 3.63) is 29.8 Å². The summed E-state index contributed by atoms with van der Waals surface area (Å²) in [6.07, 6.45) is 1.96. The van der Waals surface area contributed by atoms with Crippen molar-refractivity contribution >= 4 is 5.97 Å². The molecule has 1 aliphatic heterocycles. The highest BCUT2D eigenvalue weighted by atomic mass is 19.1. The van der Waals surface area contributed by atoms with Crippen molar-refractivity contribution < 1.29 is 19.0 Å². The second-order valence-corrected chi connectivity index (χ2v) is 3.86. The molecular formula is C11H12FNO3. The van der Waals surface area contributed by atoms with Gasteiger partial charge in [0, 0.05) is 19.4 Å². The monoisotopic (exact) mass is 225 g/mol. The fraction of sp³-hybridized carbons (Fsp3) is 0.455. The summed E-state index contributed by atoms with van der Waals surface area (Å²) in [7, 11) is 0. The molecule has 1 aromatic rings. The molecule has 5 heteroatoms. The first-order valence-corrected chi connectivity index (χ1v) is 5.08. The van der Waals surface area contributed by atoms with Crippen LogP contribution in [-0.4, -0.2) is 29.3 Å². The normalized spacial score (nSPS) is 19.3. The molecule has 0 aliphatic carbocycles. The number of aromatic nitrogens is 1. The summed E-state index contributed by atoms with van der Waals surface area (Å²) < 4.78 is 18.2. The van der Waals surface area contributed by atoms with Gasteiger partial charge in [0.1, 0.15) is 11.2 Å². The van der Waals surface area contributed by atoms with Crippen LogP contribution in [0.5, 0.6) is 0 Å². The average Bonchev–Trinajstić information content (AvgIpc) is 2.30. The minimum atomic E-state index is -1.10. The number of ether oxygens (including phenoxy) is 1.